The maximum absolute atomic E-state index is 11.0. The minimum absolute atomic E-state index is 0.214. The standard InChI is InChI=1S/C8H12NO3S/c10-6-2-1-3-9-4-7-13(11,12)8-5-9/h3-8H2. The molecule has 0 atom stereocenters. The molecule has 0 unspecified atom stereocenters. The summed E-state index contributed by atoms with van der Waals surface area (Å²) in [6, 6.07) is 0. The number of nitrogens with zero attached hydrogens (tertiary/aromatic N) is 1. The predicted octanol–water partition coefficient (Wildman–Crippen LogP) is -0.849. The molecule has 1 rings (SSSR count). The molecular formula is C8H12NO3S. The molecule has 1 radical (unpaired) electrons. The van der Waals surface area contributed by atoms with Crippen molar-refractivity contribution >= 4 is 9.84 Å². The van der Waals surface area contributed by atoms with Gasteiger partial charge in [-0.1, -0.05) is 11.8 Å². The van der Waals surface area contributed by atoms with E-state index in [0.717, 1.165) is 0 Å². The molecule has 1 fully saturated rings. The zero-order valence-electron chi connectivity index (χ0n) is 7.32. The van der Waals surface area contributed by atoms with Gasteiger partial charge in [0.05, 0.1) is 18.1 Å². The first-order chi connectivity index (χ1) is 6.14. The van der Waals surface area contributed by atoms with E-state index in [-0.39, 0.29) is 18.1 Å². The van der Waals surface area contributed by atoms with Crippen LogP contribution in [0.2, 0.25) is 0 Å². The van der Waals surface area contributed by atoms with Crippen molar-refractivity contribution in [3.8, 4) is 11.8 Å². The Morgan fingerprint density at radius 3 is 2.31 bits per heavy atom. The van der Waals surface area contributed by atoms with Gasteiger partial charge in [0.1, 0.15) is 6.61 Å². The van der Waals surface area contributed by atoms with Crippen molar-refractivity contribution < 1.29 is 13.5 Å². The fourth-order valence-electron chi connectivity index (χ4n) is 1.13. The van der Waals surface area contributed by atoms with Crippen LogP contribution in [-0.2, 0) is 14.9 Å². The molecule has 0 amide bonds. The summed E-state index contributed by atoms with van der Waals surface area (Å²) in [6.45, 7) is 1.20. The fraction of sp³-hybridized carbons (Fsp3) is 0.750. The minimum atomic E-state index is -2.80. The van der Waals surface area contributed by atoms with Gasteiger partial charge in [0.2, 0.25) is 0 Å². The largest absolute Gasteiger partial charge is 0.290 e. The van der Waals surface area contributed by atoms with Crippen LogP contribution in [0.25, 0.3) is 0 Å². The summed E-state index contributed by atoms with van der Waals surface area (Å²) in [7, 11) is -2.80. The maximum atomic E-state index is 11.0. The normalized spacial score (nSPS) is 21.9. The lowest BCUT2D eigenvalue weighted by Crippen LogP contribution is -2.40. The van der Waals surface area contributed by atoms with Crippen LogP contribution >= 0.6 is 0 Å². The summed E-state index contributed by atoms with van der Waals surface area (Å²) >= 11 is 0. The summed E-state index contributed by atoms with van der Waals surface area (Å²) in [5.74, 6) is 5.55. The van der Waals surface area contributed by atoms with E-state index in [1.165, 1.54) is 0 Å². The molecule has 1 aliphatic heterocycles. The predicted molar refractivity (Wildman–Crippen MR) is 48.4 cm³/mol. The van der Waals surface area contributed by atoms with Crippen molar-refractivity contribution in [2.45, 2.75) is 0 Å². The van der Waals surface area contributed by atoms with Gasteiger partial charge >= 0.3 is 0 Å². The van der Waals surface area contributed by atoms with Crippen molar-refractivity contribution in [3.63, 3.8) is 0 Å². The Balaban J connectivity index is 2.33. The lowest BCUT2D eigenvalue weighted by atomic mass is 10.4. The number of sulfone groups is 1. The highest BCUT2D eigenvalue weighted by molar-refractivity contribution is 7.91. The highest BCUT2D eigenvalue weighted by Crippen LogP contribution is 2.02. The quantitative estimate of drug-likeness (QED) is 0.520. The first-order valence-corrected chi connectivity index (χ1v) is 5.93. The molecule has 1 saturated heterocycles. The topological polar surface area (TPSA) is 57.3 Å². The third kappa shape index (κ3) is 3.77. The van der Waals surface area contributed by atoms with Crippen molar-refractivity contribution in [2.75, 3.05) is 37.7 Å². The number of hydrogen-bond donors (Lipinski definition) is 0. The lowest BCUT2D eigenvalue weighted by Gasteiger charge is -2.24. The molecule has 1 aliphatic rings. The first-order valence-electron chi connectivity index (χ1n) is 4.11. The SMILES string of the molecule is [O]CC#CCN1CCS(=O)(=O)CC1. The summed E-state index contributed by atoms with van der Waals surface area (Å²) in [4.78, 5) is 1.95. The Labute approximate surface area is 78.5 Å². The van der Waals surface area contributed by atoms with Gasteiger partial charge in [-0.05, 0) is 0 Å². The number of rotatable bonds is 1. The van der Waals surface area contributed by atoms with Crippen molar-refractivity contribution in [2.24, 2.45) is 0 Å². The fourth-order valence-corrected chi connectivity index (χ4v) is 2.40. The second-order valence-corrected chi connectivity index (χ2v) is 5.23. The summed E-state index contributed by atoms with van der Waals surface area (Å²) in [5, 5.41) is 9.99. The molecule has 0 spiro atoms. The van der Waals surface area contributed by atoms with Crippen LogP contribution in [0.5, 0.6) is 0 Å². The van der Waals surface area contributed by atoms with Crippen LogP contribution in [0.4, 0.5) is 0 Å². The maximum Gasteiger partial charge on any atom is 0.152 e. The van der Waals surface area contributed by atoms with E-state index in [1.54, 1.807) is 0 Å². The smallest absolute Gasteiger partial charge is 0.152 e. The molecule has 0 aromatic rings. The van der Waals surface area contributed by atoms with Gasteiger partial charge in [0.25, 0.3) is 0 Å². The van der Waals surface area contributed by atoms with Crippen LogP contribution in [0.15, 0.2) is 0 Å². The zero-order valence-corrected chi connectivity index (χ0v) is 8.14. The van der Waals surface area contributed by atoms with Gasteiger partial charge in [-0.25, -0.2) is 13.5 Å². The average Bonchev–Trinajstić information content (AvgIpc) is 2.08. The van der Waals surface area contributed by atoms with Crippen LogP contribution in [-0.4, -0.2) is 51.1 Å². The second kappa shape index (κ2) is 4.61. The molecule has 4 nitrogen and oxygen atoms in total. The van der Waals surface area contributed by atoms with Crippen LogP contribution < -0.4 is 0 Å². The molecule has 1 heterocycles. The summed E-state index contributed by atoms with van der Waals surface area (Å²) < 4.78 is 22.0. The molecule has 0 aromatic heterocycles. The van der Waals surface area contributed by atoms with Crippen molar-refractivity contribution in [3.05, 3.63) is 0 Å². The van der Waals surface area contributed by atoms with Gasteiger partial charge in [0, 0.05) is 13.1 Å². The van der Waals surface area contributed by atoms with E-state index >= 15 is 0 Å². The van der Waals surface area contributed by atoms with Gasteiger partial charge in [0.15, 0.2) is 9.84 Å². The van der Waals surface area contributed by atoms with Gasteiger partial charge in [-0.2, -0.15) is 0 Å². The van der Waals surface area contributed by atoms with Gasteiger partial charge < -0.3 is 0 Å². The van der Waals surface area contributed by atoms with Gasteiger partial charge in [-0.15, -0.1) is 0 Å². The molecular weight excluding hydrogens is 190 g/mol. The summed E-state index contributed by atoms with van der Waals surface area (Å²) in [5.41, 5.74) is 0. The first kappa shape index (κ1) is 10.5. The third-order valence-corrected chi connectivity index (χ3v) is 3.55. The van der Waals surface area contributed by atoms with Crippen LogP contribution in [0, 0.1) is 11.8 Å². The Hall–Kier alpha value is -0.570. The molecule has 0 saturated carbocycles. The van der Waals surface area contributed by atoms with E-state index in [1.807, 2.05) is 4.90 Å². The molecule has 0 bridgehead atoms. The summed E-state index contributed by atoms with van der Waals surface area (Å²) in [6.07, 6.45) is 0. The molecule has 13 heavy (non-hydrogen) atoms. The molecule has 5 heteroatoms. The van der Waals surface area contributed by atoms with E-state index in [9.17, 15) is 13.5 Å². The Morgan fingerprint density at radius 2 is 1.77 bits per heavy atom. The highest BCUT2D eigenvalue weighted by atomic mass is 32.2. The highest BCUT2D eigenvalue weighted by Gasteiger charge is 2.20. The Bertz CT molecular complexity index is 298. The van der Waals surface area contributed by atoms with Gasteiger partial charge in [-0.3, -0.25) is 4.90 Å². The Morgan fingerprint density at radius 1 is 1.15 bits per heavy atom. The van der Waals surface area contributed by atoms with Crippen LogP contribution in [0.1, 0.15) is 0 Å². The second-order valence-electron chi connectivity index (χ2n) is 2.93. The van der Waals surface area contributed by atoms with E-state index in [0.29, 0.717) is 19.6 Å². The zero-order chi connectivity index (χ0) is 9.73. The van der Waals surface area contributed by atoms with E-state index in [4.69, 9.17) is 0 Å². The average molecular weight is 202 g/mol. The monoisotopic (exact) mass is 202 g/mol. The van der Waals surface area contributed by atoms with E-state index < -0.39 is 9.84 Å². The third-order valence-electron chi connectivity index (χ3n) is 1.94. The van der Waals surface area contributed by atoms with Crippen molar-refractivity contribution in [1.29, 1.82) is 0 Å². The van der Waals surface area contributed by atoms with Crippen molar-refractivity contribution in [1.82, 2.24) is 4.90 Å². The molecule has 0 aromatic carbocycles. The van der Waals surface area contributed by atoms with Crippen LogP contribution in [0.3, 0.4) is 0 Å². The molecule has 0 N–H and O–H groups in total. The molecule has 0 aliphatic carbocycles. The number of hydrogen-bond acceptors (Lipinski definition) is 3. The van der Waals surface area contributed by atoms with E-state index in [2.05, 4.69) is 11.8 Å². The molecule has 73 valence electrons. The lowest BCUT2D eigenvalue weighted by molar-refractivity contribution is 0.238. The minimum Gasteiger partial charge on any atom is -0.290 e. The Kier molecular flexibility index (Phi) is 3.72.